The summed E-state index contributed by atoms with van der Waals surface area (Å²) in [5.74, 6) is 1.26. The first-order valence-corrected chi connectivity index (χ1v) is 7.01. The Hall–Kier alpha value is -2.82. The van der Waals surface area contributed by atoms with Crippen molar-refractivity contribution in [3.05, 3.63) is 59.7 Å². The van der Waals surface area contributed by atoms with Crippen LogP contribution in [-0.2, 0) is 0 Å². The van der Waals surface area contributed by atoms with Gasteiger partial charge in [-0.15, -0.1) is 0 Å². The van der Waals surface area contributed by atoms with Crippen LogP contribution in [0.1, 0.15) is 22.3 Å². The lowest BCUT2D eigenvalue weighted by molar-refractivity contribution is 0.0954. The number of ether oxygens (including phenoxy) is 2. The van der Waals surface area contributed by atoms with Gasteiger partial charge in [0.2, 0.25) is 0 Å². The number of nitrogens with zero attached hydrogens (tertiary/aromatic N) is 1. The fraction of sp³-hybridized carbons (Fsp3) is 0.176. The molecule has 0 aromatic heterocycles. The lowest BCUT2D eigenvalue weighted by atomic mass is 10.0. The largest absolute Gasteiger partial charge is 0.497 e. The molecule has 0 saturated heterocycles. The molecule has 112 valence electrons. The molecule has 0 bridgehead atoms. The van der Waals surface area contributed by atoms with E-state index >= 15 is 0 Å². The number of para-hydroxylation sites is 1. The average molecular weight is 296 g/mol. The molecule has 1 N–H and O–H groups in total. The van der Waals surface area contributed by atoms with Gasteiger partial charge < -0.3 is 9.47 Å². The number of carbonyl (C=O) groups excluding carboxylic acids is 1. The monoisotopic (exact) mass is 296 g/mol. The third-order valence-corrected chi connectivity index (χ3v) is 3.44. The van der Waals surface area contributed by atoms with Crippen LogP contribution in [0.5, 0.6) is 11.5 Å². The van der Waals surface area contributed by atoms with E-state index in [9.17, 15) is 4.79 Å². The maximum atomic E-state index is 12.1. The third-order valence-electron chi connectivity index (χ3n) is 3.44. The van der Waals surface area contributed by atoms with Crippen LogP contribution in [0.4, 0.5) is 0 Å². The Morgan fingerprint density at radius 1 is 1.18 bits per heavy atom. The van der Waals surface area contributed by atoms with Gasteiger partial charge in [-0.3, -0.25) is 4.79 Å². The second kappa shape index (κ2) is 6.30. The highest BCUT2D eigenvalue weighted by molar-refractivity contribution is 6.04. The molecule has 2 aromatic rings. The number of hydrogen-bond donors (Lipinski definition) is 1. The zero-order valence-electron chi connectivity index (χ0n) is 12.2. The summed E-state index contributed by atoms with van der Waals surface area (Å²) in [6.07, 6.45) is 0.667. The van der Waals surface area contributed by atoms with Crippen molar-refractivity contribution in [3.8, 4) is 11.5 Å². The Kier molecular flexibility index (Phi) is 4.05. The molecule has 0 saturated carbocycles. The molecule has 0 unspecified atom stereocenters. The van der Waals surface area contributed by atoms with Gasteiger partial charge >= 0.3 is 0 Å². The molecule has 1 amide bonds. The van der Waals surface area contributed by atoms with Crippen LogP contribution in [0.25, 0.3) is 0 Å². The van der Waals surface area contributed by atoms with Crippen molar-refractivity contribution in [2.24, 2.45) is 5.10 Å². The highest BCUT2D eigenvalue weighted by Crippen LogP contribution is 2.24. The van der Waals surface area contributed by atoms with Crippen LogP contribution in [0.15, 0.2) is 53.6 Å². The maximum Gasteiger partial charge on any atom is 0.271 e. The predicted molar refractivity (Wildman–Crippen MR) is 83.6 cm³/mol. The Morgan fingerprint density at radius 3 is 2.73 bits per heavy atom. The van der Waals surface area contributed by atoms with E-state index in [1.165, 1.54) is 0 Å². The van der Waals surface area contributed by atoms with Crippen LogP contribution in [0, 0.1) is 0 Å². The Balaban J connectivity index is 1.75. The number of benzene rings is 2. The molecule has 0 radical (unpaired) electrons. The van der Waals surface area contributed by atoms with E-state index in [-0.39, 0.29) is 5.91 Å². The summed E-state index contributed by atoms with van der Waals surface area (Å²) in [6, 6.07) is 14.6. The maximum absolute atomic E-state index is 12.1. The molecule has 0 spiro atoms. The zero-order valence-corrected chi connectivity index (χ0v) is 12.2. The Labute approximate surface area is 128 Å². The van der Waals surface area contributed by atoms with Crippen molar-refractivity contribution < 1.29 is 14.3 Å². The van der Waals surface area contributed by atoms with Gasteiger partial charge in [-0.05, 0) is 36.4 Å². The number of amides is 1. The molecule has 1 aliphatic rings. The molecule has 0 atom stereocenters. The van der Waals surface area contributed by atoms with Gasteiger partial charge in [0, 0.05) is 17.5 Å². The molecule has 0 fully saturated rings. The molecule has 2 aromatic carbocycles. The van der Waals surface area contributed by atoms with Crippen molar-refractivity contribution in [2.75, 3.05) is 13.7 Å². The summed E-state index contributed by atoms with van der Waals surface area (Å²) in [4.78, 5) is 12.1. The average Bonchev–Trinajstić information content (AvgIpc) is 2.59. The highest BCUT2D eigenvalue weighted by Gasteiger charge is 2.16. The predicted octanol–water partition coefficient (Wildman–Crippen LogP) is 2.61. The zero-order chi connectivity index (χ0) is 15.4. The normalized spacial score (nSPS) is 14.9. The smallest absolute Gasteiger partial charge is 0.271 e. The van der Waals surface area contributed by atoms with Gasteiger partial charge in [0.1, 0.15) is 11.5 Å². The van der Waals surface area contributed by atoms with Crippen LogP contribution < -0.4 is 14.9 Å². The topological polar surface area (TPSA) is 59.9 Å². The number of carbonyl (C=O) groups is 1. The standard InChI is InChI=1S/C17H16N2O3/c1-21-13-8-6-12(7-9-13)17(20)19-18-15-10-11-22-16-5-3-2-4-14(15)16/h2-9H,10-11H2,1H3,(H,19,20)/b18-15-. The summed E-state index contributed by atoms with van der Waals surface area (Å²) >= 11 is 0. The van der Waals surface area contributed by atoms with E-state index in [1.807, 2.05) is 24.3 Å². The molecule has 3 rings (SSSR count). The van der Waals surface area contributed by atoms with Crippen molar-refractivity contribution in [3.63, 3.8) is 0 Å². The van der Waals surface area contributed by atoms with E-state index < -0.39 is 0 Å². The summed E-state index contributed by atoms with van der Waals surface area (Å²) in [5, 5.41) is 4.25. The first kappa shape index (κ1) is 14.1. The van der Waals surface area contributed by atoms with Crippen LogP contribution in [-0.4, -0.2) is 25.3 Å². The third kappa shape index (κ3) is 2.93. The molecule has 5 nitrogen and oxygen atoms in total. The first-order valence-electron chi connectivity index (χ1n) is 7.01. The van der Waals surface area contributed by atoms with Gasteiger partial charge in [0.25, 0.3) is 5.91 Å². The van der Waals surface area contributed by atoms with Gasteiger partial charge in [-0.1, -0.05) is 12.1 Å². The van der Waals surface area contributed by atoms with Gasteiger partial charge in [-0.2, -0.15) is 5.10 Å². The lowest BCUT2D eigenvalue weighted by Crippen LogP contribution is -2.23. The minimum atomic E-state index is -0.251. The molecule has 0 aliphatic carbocycles. The fourth-order valence-corrected chi connectivity index (χ4v) is 2.26. The fourth-order valence-electron chi connectivity index (χ4n) is 2.26. The lowest BCUT2D eigenvalue weighted by Gasteiger charge is -2.18. The van der Waals surface area contributed by atoms with E-state index in [0.717, 1.165) is 17.0 Å². The number of methoxy groups -OCH3 is 1. The summed E-state index contributed by atoms with van der Waals surface area (Å²) in [7, 11) is 1.59. The van der Waals surface area contributed by atoms with Gasteiger partial charge in [0.15, 0.2) is 0 Å². The van der Waals surface area contributed by atoms with Crippen molar-refractivity contribution in [1.82, 2.24) is 5.43 Å². The van der Waals surface area contributed by atoms with E-state index in [1.54, 1.807) is 31.4 Å². The Morgan fingerprint density at radius 2 is 1.95 bits per heavy atom. The van der Waals surface area contributed by atoms with E-state index in [4.69, 9.17) is 9.47 Å². The van der Waals surface area contributed by atoms with Gasteiger partial charge in [0.05, 0.1) is 19.4 Å². The number of nitrogens with one attached hydrogen (secondary N) is 1. The number of fused-ring (bicyclic) bond motifs is 1. The van der Waals surface area contributed by atoms with Crippen LogP contribution >= 0.6 is 0 Å². The van der Waals surface area contributed by atoms with E-state index in [2.05, 4.69) is 10.5 Å². The number of hydrazone groups is 1. The minimum Gasteiger partial charge on any atom is -0.497 e. The number of rotatable bonds is 3. The second-order valence-electron chi connectivity index (χ2n) is 4.82. The highest BCUT2D eigenvalue weighted by atomic mass is 16.5. The Bertz CT molecular complexity index is 708. The SMILES string of the molecule is COc1ccc(C(=O)N/N=C2/CCOc3ccccc32)cc1. The molecule has 1 aliphatic heterocycles. The molecule has 22 heavy (non-hydrogen) atoms. The summed E-state index contributed by atoms with van der Waals surface area (Å²) in [6.45, 7) is 0.564. The van der Waals surface area contributed by atoms with Crippen molar-refractivity contribution in [2.45, 2.75) is 6.42 Å². The van der Waals surface area contributed by atoms with Crippen molar-refractivity contribution in [1.29, 1.82) is 0 Å². The van der Waals surface area contributed by atoms with Crippen LogP contribution in [0.3, 0.4) is 0 Å². The van der Waals surface area contributed by atoms with Crippen molar-refractivity contribution >= 4 is 11.6 Å². The van der Waals surface area contributed by atoms with Crippen LogP contribution in [0.2, 0.25) is 0 Å². The molecular weight excluding hydrogens is 280 g/mol. The minimum absolute atomic E-state index is 0.251. The van der Waals surface area contributed by atoms with Gasteiger partial charge in [-0.25, -0.2) is 5.43 Å². The molecule has 1 heterocycles. The second-order valence-corrected chi connectivity index (χ2v) is 4.82. The molecule has 5 heteroatoms. The summed E-state index contributed by atoms with van der Waals surface area (Å²) < 4.78 is 10.6. The van der Waals surface area contributed by atoms with E-state index in [0.29, 0.717) is 24.3 Å². The number of hydrogen-bond acceptors (Lipinski definition) is 4. The quantitative estimate of drug-likeness (QED) is 0.886. The molecular formula is C17H16N2O3. The first-order chi connectivity index (χ1) is 10.8. The summed E-state index contributed by atoms with van der Waals surface area (Å²) in [5.41, 5.74) is 4.88.